The molecule has 5 nitrogen and oxygen atoms in total. The lowest BCUT2D eigenvalue weighted by Gasteiger charge is -2.24. The van der Waals surface area contributed by atoms with Crippen molar-refractivity contribution in [3.05, 3.63) is 12.7 Å². The predicted octanol–water partition coefficient (Wildman–Crippen LogP) is 0.952. The third-order valence-electron chi connectivity index (χ3n) is 1.93. The van der Waals surface area contributed by atoms with Crippen LogP contribution in [0.25, 0.3) is 0 Å². The maximum Gasteiger partial charge on any atom is 0.320 e. The van der Waals surface area contributed by atoms with E-state index in [0.717, 1.165) is 0 Å². The molecule has 0 aromatic carbocycles. The van der Waals surface area contributed by atoms with Gasteiger partial charge in [0.05, 0.1) is 19.7 Å². The van der Waals surface area contributed by atoms with Crippen molar-refractivity contribution in [3.8, 4) is 0 Å². The highest BCUT2D eigenvalue weighted by molar-refractivity contribution is 5.79. The number of carbonyl (C=O) groups is 2. The maximum absolute atomic E-state index is 11.7. The fraction of sp³-hybridized carbons (Fsp3) is 0.692. The van der Waals surface area contributed by atoms with Gasteiger partial charge in [-0.15, -0.1) is 6.58 Å². The summed E-state index contributed by atoms with van der Waals surface area (Å²) in [5, 5.41) is 2.85. The van der Waals surface area contributed by atoms with Crippen molar-refractivity contribution >= 4 is 11.9 Å². The standard InChI is InChI=1S/C13H24N2O3/c1-6-8-15(10-12(17)18-7-2)9-11(16)14-13(3,4)5/h6H,1,7-10H2,2-5H3,(H,14,16). The van der Waals surface area contributed by atoms with Gasteiger partial charge in [-0.3, -0.25) is 14.5 Å². The first-order valence-electron chi connectivity index (χ1n) is 6.08. The molecule has 1 amide bonds. The summed E-state index contributed by atoms with van der Waals surface area (Å²) in [6.45, 7) is 12.2. The van der Waals surface area contributed by atoms with Gasteiger partial charge in [-0.2, -0.15) is 0 Å². The van der Waals surface area contributed by atoms with Crippen LogP contribution >= 0.6 is 0 Å². The van der Waals surface area contributed by atoms with Crippen LogP contribution in [-0.2, 0) is 14.3 Å². The molecule has 0 aromatic heterocycles. The third kappa shape index (κ3) is 8.75. The van der Waals surface area contributed by atoms with Gasteiger partial charge in [0.2, 0.25) is 5.91 Å². The molecule has 0 aliphatic rings. The minimum Gasteiger partial charge on any atom is -0.465 e. The highest BCUT2D eigenvalue weighted by atomic mass is 16.5. The molecule has 0 unspecified atom stereocenters. The van der Waals surface area contributed by atoms with Crippen LogP contribution in [0.3, 0.4) is 0 Å². The van der Waals surface area contributed by atoms with Crippen molar-refractivity contribution in [3.63, 3.8) is 0 Å². The van der Waals surface area contributed by atoms with Crippen molar-refractivity contribution in [2.45, 2.75) is 33.2 Å². The Morgan fingerprint density at radius 2 is 1.94 bits per heavy atom. The first kappa shape index (κ1) is 16.6. The van der Waals surface area contributed by atoms with E-state index in [-0.39, 0.29) is 30.5 Å². The van der Waals surface area contributed by atoms with Crippen molar-refractivity contribution in [2.24, 2.45) is 0 Å². The van der Waals surface area contributed by atoms with Crippen LogP contribution in [0.5, 0.6) is 0 Å². The summed E-state index contributed by atoms with van der Waals surface area (Å²) >= 11 is 0. The molecule has 18 heavy (non-hydrogen) atoms. The van der Waals surface area contributed by atoms with Crippen LogP contribution in [-0.4, -0.2) is 48.6 Å². The van der Waals surface area contributed by atoms with Crippen molar-refractivity contribution in [1.29, 1.82) is 0 Å². The molecule has 0 aliphatic heterocycles. The van der Waals surface area contributed by atoms with Crippen LogP contribution in [0.1, 0.15) is 27.7 Å². The number of hydrogen-bond acceptors (Lipinski definition) is 4. The molecule has 0 bridgehead atoms. The smallest absolute Gasteiger partial charge is 0.320 e. The Bertz CT molecular complexity index is 295. The highest BCUT2D eigenvalue weighted by Crippen LogP contribution is 1.99. The van der Waals surface area contributed by atoms with Crippen LogP contribution in [0, 0.1) is 0 Å². The minimum atomic E-state index is -0.331. The molecule has 0 atom stereocenters. The fourth-order valence-electron chi connectivity index (χ4n) is 1.42. The Labute approximate surface area is 109 Å². The lowest BCUT2D eigenvalue weighted by atomic mass is 10.1. The molecule has 1 N–H and O–H groups in total. The van der Waals surface area contributed by atoms with Gasteiger partial charge in [0.1, 0.15) is 0 Å². The largest absolute Gasteiger partial charge is 0.465 e. The number of carbonyl (C=O) groups excluding carboxylic acids is 2. The summed E-state index contributed by atoms with van der Waals surface area (Å²) in [6, 6.07) is 0. The van der Waals surface area contributed by atoms with Gasteiger partial charge in [-0.05, 0) is 27.7 Å². The van der Waals surface area contributed by atoms with Gasteiger partial charge < -0.3 is 10.1 Å². The topological polar surface area (TPSA) is 58.6 Å². The maximum atomic E-state index is 11.7. The third-order valence-corrected chi connectivity index (χ3v) is 1.93. The minimum absolute atomic E-state index is 0.0947. The van der Waals surface area contributed by atoms with E-state index >= 15 is 0 Å². The van der Waals surface area contributed by atoms with E-state index in [9.17, 15) is 9.59 Å². The van der Waals surface area contributed by atoms with Crippen LogP contribution in [0.15, 0.2) is 12.7 Å². The highest BCUT2D eigenvalue weighted by Gasteiger charge is 2.18. The summed E-state index contributed by atoms with van der Waals surface area (Å²) in [7, 11) is 0. The van der Waals surface area contributed by atoms with Gasteiger partial charge in [0.15, 0.2) is 0 Å². The molecule has 5 heteroatoms. The molecule has 0 aliphatic carbocycles. The molecular weight excluding hydrogens is 232 g/mol. The van der Waals surface area contributed by atoms with Gasteiger partial charge in [-0.25, -0.2) is 0 Å². The van der Waals surface area contributed by atoms with E-state index in [1.807, 2.05) is 20.8 Å². The summed E-state index contributed by atoms with van der Waals surface area (Å²) in [5.74, 6) is -0.448. The molecule has 0 spiro atoms. The number of nitrogens with zero attached hydrogens (tertiary/aromatic N) is 1. The molecule has 0 rings (SSSR count). The van der Waals surface area contributed by atoms with Crippen LogP contribution in [0.2, 0.25) is 0 Å². The van der Waals surface area contributed by atoms with E-state index in [2.05, 4.69) is 11.9 Å². The molecule has 0 heterocycles. The first-order valence-corrected chi connectivity index (χ1v) is 6.08. The normalized spacial score (nSPS) is 11.2. The number of hydrogen-bond donors (Lipinski definition) is 1. The first-order chi connectivity index (χ1) is 8.28. The average molecular weight is 256 g/mol. The van der Waals surface area contributed by atoms with Crippen LogP contribution < -0.4 is 5.32 Å². The Hall–Kier alpha value is -1.36. The number of amides is 1. The van der Waals surface area contributed by atoms with E-state index in [1.165, 1.54) is 0 Å². The van der Waals surface area contributed by atoms with Gasteiger partial charge in [-0.1, -0.05) is 6.08 Å². The van der Waals surface area contributed by atoms with Gasteiger partial charge >= 0.3 is 5.97 Å². The predicted molar refractivity (Wildman–Crippen MR) is 71.2 cm³/mol. The number of ether oxygens (including phenoxy) is 1. The number of esters is 1. The molecule has 104 valence electrons. The monoisotopic (exact) mass is 256 g/mol. The molecule has 0 radical (unpaired) electrons. The van der Waals surface area contributed by atoms with Gasteiger partial charge in [0, 0.05) is 12.1 Å². The van der Waals surface area contributed by atoms with E-state index in [4.69, 9.17) is 4.74 Å². The Morgan fingerprint density at radius 3 is 2.39 bits per heavy atom. The van der Waals surface area contributed by atoms with Crippen molar-refractivity contribution in [2.75, 3.05) is 26.2 Å². The molecule has 0 saturated carbocycles. The molecule has 0 saturated heterocycles. The molecule has 0 fully saturated rings. The summed E-state index contributed by atoms with van der Waals surface area (Å²) in [4.78, 5) is 24.8. The average Bonchev–Trinajstić information content (AvgIpc) is 2.14. The lowest BCUT2D eigenvalue weighted by molar-refractivity contribution is -0.144. The lowest BCUT2D eigenvalue weighted by Crippen LogP contribution is -2.47. The van der Waals surface area contributed by atoms with Gasteiger partial charge in [0.25, 0.3) is 0 Å². The Kier molecular flexibility index (Phi) is 7.27. The summed E-state index contributed by atoms with van der Waals surface area (Å²) < 4.78 is 4.85. The summed E-state index contributed by atoms with van der Waals surface area (Å²) in [5.41, 5.74) is -0.277. The van der Waals surface area contributed by atoms with E-state index < -0.39 is 0 Å². The van der Waals surface area contributed by atoms with Crippen LogP contribution in [0.4, 0.5) is 0 Å². The van der Waals surface area contributed by atoms with E-state index in [0.29, 0.717) is 13.2 Å². The van der Waals surface area contributed by atoms with E-state index in [1.54, 1.807) is 17.9 Å². The zero-order valence-corrected chi connectivity index (χ0v) is 11.8. The SMILES string of the molecule is C=CCN(CC(=O)NC(C)(C)C)CC(=O)OCC. The zero-order valence-electron chi connectivity index (χ0n) is 11.8. The second-order valence-electron chi connectivity index (χ2n) is 5.06. The quantitative estimate of drug-likeness (QED) is 0.544. The summed E-state index contributed by atoms with van der Waals surface area (Å²) in [6.07, 6.45) is 1.66. The molecule has 0 aromatic rings. The fourth-order valence-corrected chi connectivity index (χ4v) is 1.42. The number of nitrogens with one attached hydrogen (secondary N) is 1. The second kappa shape index (κ2) is 7.87. The number of rotatable bonds is 7. The van der Waals surface area contributed by atoms with Crippen molar-refractivity contribution in [1.82, 2.24) is 10.2 Å². The van der Waals surface area contributed by atoms with Crippen molar-refractivity contribution < 1.29 is 14.3 Å². The molecular formula is C13H24N2O3. The Balaban J connectivity index is 4.30. The zero-order chi connectivity index (χ0) is 14.2. The second-order valence-corrected chi connectivity index (χ2v) is 5.06. The Morgan fingerprint density at radius 1 is 1.33 bits per heavy atom.